The summed E-state index contributed by atoms with van der Waals surface area (Å²) < 4.78 is 0. The Labute approximate surface area is 43.1 Å². The lowest BCUT2D eigenvalue weighted by Gasteiger charge is -1.64. The van der Waals surface area contributed by atoms with E-state index in [4.69, 9.17) is 0 Å². The lowest BCUT2D eigenvalue weighted by Crippen LogP contribution is -2.29. The maximum Gasteiger partial charge on any atom is -0.200 e. The van der Waals surface area contributed by atoms with Gasteiger partial charge in [0.2, 0.25) is 0 Å². The molecule has 0 heterocycles. The summed E-state index contributed by atoms with van der Waals surface area (Å²) in [5.41, 5.74) is 1.75. The molecule has 7 nitrogen and oxygen atoms in total. The highest BCUT2D eigenvalue weighted by atomic mass is 15.4. The average molecular weight is 115 g/mol. The molecule has 7 heavy (non-hydrogen) atoms. The highest BCUT2D eigenvalue weighted by Gasteiger charge is 1.19. The van der Waals surface area contributed by atoms with Crippen molar-refractivity contribution in [1.82, 2.24) is 30.1 Å². The van der Waals surface area contributed by atoms with E-state index in [1.807, 2.05) is 0 Å². The van der Waals surface area contributed by atoms with Crippen molar-refractivity contribution in [3.05, 3.63) is 0 Å². The van der Waals surface area contributed by atoms with Crippen LogP contribution >= 0.6 is 0 Å². The summed E-state index contributed by atoms with van der Waals surface area (Å²) in [4.78, 5) is 0. The van der Waals surface area contributed by atoms with Gasteiger partial charge in [0.05, 0.1) is 0 Å². The summed E-state index contributed by atoms with van der Waals surface area (Å²) in [5.74, 6) is 8.75. The van der Waals surface area contributed by atoms with Crippen LogP contribution in [0.3, 0.4) is 0 Å². The van der Waals surface area contributed by atoms with Crippen LogP contribution in [0.25, 0.3) is 0 Å². The molecule has 0 aliphatic heterocycles. The van der Waals surface area contributed by atoms with Gasteiger partial charge in [0.25, 0.3) is 0 Å². The normalized spacial score (nSPS) is 2.57. The Morgan fingerprint density at radius 1 is 0.714 bits per heavy atom. The molecule has 0 radical (unpaired) electrons. The Hall–Kier alpha value is -0.280. The molecule has 0 aromatic heterocycles. The van der Waals surface area contributed by atoms with E-state index in [0.717, 1.165) is 0 Å². The van der Waals surface area contributed by atoms with E-state index in [1.54, 1.807) is 5.53 Å². The fourth-order valence-electron chi connectivity index (χ4n) is 0. The van der Waals surface area contributed by atoms with E-state index in [-0.39, 0.29) is 24.6 Å². The molecule has 0 saturated heterocycles. The number of nitrogens with one attached hydrogen (secondary N) is 1. The van der Waals surface area contributed by atoms with E-state index in [0.29, 0.717) is 0 Å². The van der Waals surface area contributed by atoms with Crippen LogP contribution in [0, 0.1) is 0 Å². The van der Waals surface area contributed by atoms with E-state index in [1.165, 1.54) is 0 Å². The van der Waals surface area contributed by atoms with Crippen molar-refractivity contribution in [2.24, 2.45) is 11.7 Å². The van der Waals surface area contributed by atoms with E-state index < -0.39 is 0 Å². The van der Waals surface area contributed by atoms with Gasteiger partial charge in [0, 0.05) is 0 Å². The quantitative estimate of drug-likeness (QED) is 0.154. The first kappa shape index (κ1) is 74.3. The molecular formula is H17N7. The molecule has 0 fully saturated rings. The molecule has 0 saturated carbocycles. The summed E-state index contributed by atoms with van der Waals surface area (Å²) in [6.07, 6.45) is 0. The zero-order valence-corrected chi connectivity index (χ0v) is 4.48. The fourth-order valence-corrected chi connectivity index (χ4v) is 0. The van der Waals surface area contributed by atoms with Crippen LogP contribution in [0.4, 0.5) is 0 Å². The first-order valence-corrected chi connectivity index (χ1v) is 0.577. The number of hydrogen-bond donors (Lipinski definition) is 7. The number of hydrogen-bond acceptors (Lipinski definition) is 7. The van der Waals surface area contributed by atoms with Crippen molar-refractivity contribution in [3.8, 4) is 0 Å². The molecule has 0 bridgehead atoms. The zero-order chi connectivity index (χ0) is 2.71. The smallest absolute Gasteiger partial charge is 0.200 e. The molecule has 0 spiro atoms. The SMILES string of the molecule is N.N.N.N.NNN. The third-order valence-corrected chi connectivity index (χ3v) is 0. The molecule has 0 unspecified atom stereocenters. The largest absolute Gasteiger partial charge is 0.344 e. The molecule has 0 aromatic carbocycles. The standard InChI is InChI=1S/H5N3.4H3N/c1-3-2;;;;/h3H,1-2H2;4*1H3. The van der Waals surface area contributed by atoms with E-state index in [9.17, 15) is 0 Å². The van der Waals surface area contributed by atoms with Crippen molar-refractivity contribution < 1.29 is 0 Å². The molecule has 7 heteroatoms. The predicted molar refractivity (Wildman–Crippen MR) is 31.6 cm³/mol. The van der Waals surface area contributed by atoms with Gasteiger partial charge < -0.3 is 24.6 Å². The van der Waals surface area contributed by atoms with E-state index in [2.05, 4.69) is 11.7 Å². The van der Waals surface area contributed by atoms with Crippen LogP contribution in [-0.2, 0) is 0 Å². The summed E-state index contributed by atoms with van der Waals surface area (Å²) in [7, 11) is 0. The summed E-state index contributed by atoms with van der Waals surface area (Å²) >= 11 is 0. The Morgan fingerprint density at radius 3 is 0.714 bits per heavy atom. The van der Waals surface area contributed by atoms with Gasteiger partial charge in [-0.15, -0.1) is 0 Å². The maximum absolute atomic E-state index is 4.38. The van der Waals surface area contributed by atoms with Gasteiger partial charge in [-0.3, -0.25) is 11.7 Å². The highest BCUT2D eigenvalue weighted by Crippen LogP contribution is 0.559. The Kier molecular flexibility index (Phi) is 2610. The van der Waals surface area contributed by atoms with Crippen LogP contribution in [0.5, 0.6) is 0 Å². The van der Waals surface area contributed by atoms with Crippen LogP contribution in [0.15, 0.2) is 0 Å². The highest BCUT2D eigenvalue weighted by molar-refractivity contribution is 3.63. The Morgan fingerprint density at radius 2 is 0.714 bits per heavy atom. The van der Waals surface area contributed by atoms with Crippen LogP contribution in [0.1, 0.15) is 0 Å². The van der Waals surface area contributed by atoms with Gasteiger partial charge in [-0.05, 0) is 0 Å². The molecule has 0 amide bonds. The van der Waals surface area contributed by atoms with Crippen molar-refractivity contribution in [3.63, 3.8) is 0 Å². The first-order valence-electron chi connectivity index (χ1n) is 0.577. The van der Waals surface area contributed by atoms with Gasteiger partial charge in [0.15, 0.2) is 0 Å². The van der Waals surface area contributed by atoms with Crippen molar-refractivity contribution in [2.45, 2.75) is 0 Å². The van der Waals surface area contributed by atoms with Crippen LogP contribution in [0.2, 0.25) is 0 Å². The molecule has 0 aliphatic carbocycles. The minimum absolute atomic E-state index is 0. The molecule has 52 valence electrons. The first-order chi connectivity index (χ1) is 1.41. The third kappa shape index (κ3) is 1010. The second-order valence-corrected chi connectivity index (χ2v) is 0.167. The molecule has 0 atom stereocenters. The monoisotopic (exact) mass is 115 g/mol. The molecule has 0 aromatic rings. The van der Waals surface area contributed by atoms with Gasteiger partial charge >= 0.3 is 0 Å². The summed E-state index contributed by atoms with van der Waals surface area (Å²) in [6, 6.07) is 0. The Bertz CT molecular complexity index is 0. The Balaban J connectivity index is -0.00000000333. The van der Waals surface area contributed by atoms with Gasteiger partial charge in [-0.25, -0.2) is 0 Å². The molecular weight excluding hydrogens is 98.0 g/mol. The fraction of sp³-hybridized carbons (Fsp3) is 0. The van der Waals surface area contributed by atoms with Crippen molar-refractivity contribution in [1.29, 1.82) is 0 Å². The topological polar surface area (TPSA) is 204 Å². The van der Waals surface area contributed by atoms with Crippen molar-refractivity contribution >= 4 is 0 Å². The molecule has 0 aliphatic rings. The number of nitrogens with two attached hydrogens (primary N) is 2. The van der Waals surface area contributed by atoms with Crippen LogP contribution < -0.4 is 41.8 Å². The second kappa shape index (κ2) is 246. The summed E-state index contributed by atoms with van der Waals surface area (Å²) in [6.45, 7) is 0. The molecule has 17 N–H and O–H groups in total. The zero-order valence-electron chi connectivity index (χ0n) is 4.48. The number of hydrazine groups is 2. The van der Waals surface area contributed by atoms with Gasteiger partial charge in [0.1, 0.15) is 0 Å². The third-order valence-electron chi connectivity index (χ3n) is 0. The lowest BCUT2D eigenvalue weighted by atomic mass is 12.6. The maximum atomic E-state index is 4.38. The minimum Gasteiger partial charge on any atom is -0.344 e. The number of rotatable bonds is 0. The average Bonchev–Trinajstić information content (AvgIpc) is 0.918. The van der Waals surface area contributed by atoms with Gasteiger partial charge in [-0.1, -0.05) is 0 Å². The minimum atomic E-state index is 0. The molecule has 0 rings (SSSR count). The predicted octanol–water partition coefficient (Wildman–Crippen LogP) is -1.03. The van der Waals surface area contributed by atoms with Crippen molar-refractivity contribution in [2.75, 3.05) is 0 Å². The summed E-state index contributed by atoms with van der Waals surface area (Å²) in [5, 5.41) is 0. The van der Waals surface area contributed by atoms with Gasteiger partial charge in [-0.2, -0.15) is 5.53 Å². The second-order valence-electron chi connectivity index (χ2n) is 0.167. The van der Waals surface area contributed by atoms with E-state index >= 15 is 0 Å². The lowest BCUT2D eigenvalue weighted by molar-refractivity contribution is 0.803. The van der Waals surface area contributed by atoms with Crippen LogP contribution in [-0.4, -0.2) is 0 Å².